The van der Waals surface area contributed by atoms with E-state index in [1.807, 2.05) is 6.92 Å². The molecule has 2 N–H and O–H groups in total. The molecule has 3 nitrogen and oxygen atoms in total. The molecule has 19 heavy (non-hydrogen) atoms. The van der Waals surface area contributed by atoms with Crippen molar-refractivity contribution in [3.63, 3.8) is 0 Å². The third kappa shape index (κ3) is 4.23. The van der Waals surface area contributed by atoms with Crippen molar-refractivity contribution < 1.29 is 13.5 Å². The molecule has 5 heteroatoms. The molecule has 0 spiro atoms. The lowest BCUT2D eigenvalue weighted by atomic mass is 10.0. The summed E-state index contributed by atoms with van der Waals surface area (Å²) in [5.41, 5.74) is 6.51. The van der Waals surface area contributed by atoms with Crippen LogP contribution in [0.2, 0.25) is 0 Å². The Hall–Kier alpha value is -1.04. The average molecular weight is 270 g/mol. The van der Waals surface area contributed by atoms with Crippen LogP contribution < -0.4 is 5.73 Å². The minimum Gasteiger partial charge on any atom is -0.376 e. The number of rotatable bonds is 4. The molecular weight excluding hydrogens is 250 g/mol. The molecule has 2 atom stereocenters. The van der Waals surface area contributed by atoms with Gasteiger partial charge in [-0.15, -0.1) is 0 Å². The summed E-state index contributed by atoms with van der Waals surface area (Å²) in [5.74, 6) is -1.16. The quantitative estimate of drug-likeness (QED) is 0.910. The van der Waals surface area contributed by atoms with Crippen LogP contribution in [-0.4, -0.2) is 37.2 Å². The zero-order chi connectivity index (χ0) is 13.8. The first-order valence-electron chi connectivity index (χ1n) is 6.60. The van der Waals surface area contributed by atoms with Crippen LogP contribution in [-0.2, 0) is 4.74 Å². The number of benzene rings is 1. The number of hydrogen-bond acceptors (Lipinski definition) is 3. The molecule has 1 aromatic rings. The molecule has 1 aromatic carbocycles. The third-order valence-electron chi connectivity index (χ3n) is 3.39. The van der Waals surface area contributed by atoms with Crippen molar-refractivity contribution in [2.45, 2.75) is 25.5 Å². The third-order valence-corrected chi connectivity index (χ3v) is 3.39. The van der Waals surface area contributed by atoms with Gasteiger partial charge < -0.3 is 10.5 Å². The minimum absolute atomic E-state index is 0.233. The van der Waals surface area contributed by atoms with Gasteiger partial charge in [0.25, 0.3) is 0 Å². The van der Waals surface area contributed by atoms with Gasteiger partial charge in [-0.2, -0.15) is 0 Å². The van der Waals surface area contributed by atoms with Crippen molar-refractivity contribution >= 4 is 0 Å². The number of halogens is 2. The Bertz CT molecular complexity index is 408. The molecule has 0 radical (unpaired) electrons. The minimum atomic E-state index is -0.578. The molecule has 1 fully saturated rings. The smallest absolute Gasteiger partial charge is 0.126 e. The van der Waals surface area contributed by atoms with E-state index in [0.29, 0.717) is 12.0 Å². The van der Waals surface area contributed by atoms with Crippen LogP contribution in [0.15, 0.2) is 18.2 Å². The van der Waals surface area contributed by atoms with Crippen LogP contribution in [0.25, 0.3) is 0 Å². The van der Waals surface area contributed by atoms with E-state index in [1.54, 1.807) is 0 Å². The highest BCUT2D eigenvalue weighted by molar-refractivity contribution is 5.21. The van der Waals surface area contributed by atoms with Crippen molar-refractivity contribution in [2.75, 3.05) is 26.2 Å². The molecule has 1 aliphatic rings. The average Bonchev–Trinajstić information content (AvgIpc) is 2.35. The standard InChI is InChI=1S/C14H20F2N2O/c1-10-9-18(4-5-19-10)3-2-14(17)11-6-12(15)8-13(16)7-11/h6-8,10,14H,2-5,9,17H2,1H3. The topological polar surface area (TPSA) is 38.5 Å². The molecule has 2 rings (SSSR count). The lowest BCUT2D eigenvalue weighted by molar-refractivity contribution is -0.0189. The van der Waals surface area contributed by atoms with Gasteiger partial charge >= 0.3 is 0 Å². The van der Waals surface area contributed by atoms with Gasteiger partial charge in [-0.1, -0.05) is 0 Å². The van der Waals surface area contributed by atoms with Crippen LogP contribution in [0.5, 0.6) is 0 Å². The van der Waals surface area contributed by atoms with E-state index < -0.39 is 11.6 Å². The summed E-state index contributed by atoms with van der Waals surface area (Å²) in [5, 5.41) is 0. The molecule has 0 aromatic heterocycles. The van der Waals surface area contributed by atoms with E-state index in [2.05, 4.69) is 4.90 Å². The number of nitrogens with zero attached hydrogens (tertiary/aromatic N) is 1. The first-order valence-corrected chi connectivity index (χ1v) is 6.60. The lowest BCUT2D eigenvalue weighted by Crippen LogP contribution is -2.42. The first kappa shape index (κ1) is 14.4. The van der Waals surface area contributed by atoms with Gasteiger partial charge in [0, 0.05) is 31.7 Å². The summed E-state index contributed by atoms with van der Waals surface area (Å²) in [4.78, 5) is 2.27. The maximum Gasteiger partial charge on any atom is 0.126 e. The second-order valence-electron chi connectivity index (χ2n) is 5.08. The van der Waals surface area contributed by atoms with E-state index in [-0.39, 0.29) is 12.1 Å². The Kier molecular flexibility index (Phi) is 4.85. The van der Waals surface area contributed by atoms with Crippen LogP contribution in [0.4, 0.5) is 8.78 Å². The predicted molar refractivity (Wildman–Crippen MR) is 69.8 cm³/mol. The van der Waals surface area contributed by atoms with E-state index in [1.165, 1.54) is 12.1 Å². The van der Waals surface area contributed by atoms with Crippen LogP contribution >= 0.6 is 0 Å². The largest absolute Gasteiger partial charge is 0.376 e. The van der Waals surface area contributed by atoms with Gasteiger partial charge in [0.05, 0.1) is 12.7 Å². The number of hydrogen-bond donors (Lipinski definition) is 1. The zero-order valence-electron chi connectivity index (χ0n) is 11.1. The van der Waals surface area contributed by atoms with Crippen molar-refractivity contribution in [2.24, 2.45) is 5.73 Å². The Morgan fingerprint density at radius 1 is 1.37 bits per heavy atom. The molecule has 0 bridgehead atoms. The van der Waals surface area contributed by atoms with Crippen LogP contribution in [0, 0.1) is 11.6 Å². The molecule has 1 heterocycles. The zero-order valence-corrected chi connectivity index (χ0v) is 11.1. The SMILES string of the molecule is CC1CN(CCC(N)c2cc(F)cc(F)c2)CCO1. The fraction of sp³-hybridized carbons (Fsp3) is 0.571. The van der Waals surface area contributed by atoms with E-state index in [0.717, 1.165) is 32.3 Å². The van der Waals surface area contributed by atoms with E-state index in [9.17, 15) is 8.78 Å². The fourth-order valence-corrected chi connectivity index (χ4v) is 2.37. The normalized spacial score (nSPS) is 22.4. The van der Waals surface area contributed by atoms with Gasteiger partial charge in [-0.3, -0.25) is 4.90 Å². The summed E-state index contributed by atoms with van der Waals surface area (Å²) in [7, 11) is 0. The predicted octanol–water partition coefficient (Wildman–Crippen LogP) is 2.08. The van der Waals surface area contributed by atoms with Gasteiger partial charge in [0.2, 0.25) is 0 Å². The van der Waals surface area contributed by atoms with Gasteiger partial charge in [0.1, 0.15) is 11.6 Å². The number of nitrogens with two attached hydrogens (primary N) is 1. The maximum absolute atomic E-state index is 13.1. The summed E-state index contributed by atoms with van der Waals surface area (Å²) < 4.78 is 31.7. The first-order chi connectivity index (χ1) is 9.04. The highest BCUT2D eigenvalue weighted by atomic mass is 19.1. The summed E-state index contributed by atoms with van der Waals surface area (Å²) in [6.45, 7) is 5.34. The van der Waals surface area contributed by atoms with Gasteiger partial charge in [-0.05, 0) is 31.0 Å². The van der Waals surface area contributed by atoms with Crippen LogP contribution in [0.3, 0.4) is 0 Å². The summed E-state index contributed by atoms with van der Waals surface area (Å²) in [6.07, 6.45) is 0.909. The molecule has 0 aliphatic carbocycles. The molecule has 0 amide bonds. The fourth-order valence-electron chi connectivity index (χ4n) is 2.37. The molecule has 0 saturated carbocycles. The summed E-state index contributed by atoms with van der Waals surface area (Å²) in [6, 6.07) is 3.12. The van der Waals surface area contributed by atoms with Crippen LogP contribution in [0.1, 0.15) is 24.9 Å². The van der Waals surface area contributed by atoms with Crippen molar-refractivity contribution in [1.82, 2.24) is 4.90 Å². The molecule has 1 saturated heterocycles. The monoisotopic (exact) mass is 270 g/mol. The van der Waals surface area contributed by atoms with Crippen molar-refractivity contribution in [3.8, 4) is 0 Å². The highest BCUT2D eigenvalue weighted by Crippen LogP contribution is 2.18. The second-order valence-corrected chi connectivity index (χ2v) is 5.08. The molecule has 106 valence electrons. The summed E-state index contributed by atoms with van der Waals surface area (Å²) >= 11 is 0. The molecule has 1 aliphatic heterocycles. The van der Waals surface area contributed by atoms with Gasteiger partial charge in [0.15, 0.2) is 0 Å². The second kappa shape index (κ2) is 6.41. The maximum atomic E-state index is 13.1. The Balaban J connectivity index is 1.88. The number of morpholine rings is 1. The highest BCUT2D eigenvalue weighted by Gasteiger charge is 2.17. The lowest BCUT2D eigenvalue weighted by Gasteiger charge is -2.31. The van der Waals surface area contributed by atoms with Crippen molar-refractivity contribution in [1.29, 1.82) is 0 Å². The Morgan fingerprint density at radius 2 is 2.05 bits per heavy atom. The number of ether oxygens (including phenoxy) is 1. The van der Waals surface area contributed by atoms with E-state index >= 15 is 0 Å². The Morgan fingerprint density at radius 3 is 2.68 bits per heavy atom. The molecular formula is C14H20F2N2O. The Labute approximate surface area is 112 Å². The van der Waals surface area contributed by atoms with E-state index in [4.69, 9.17) is 10.5 Å². The van der Waals surface area contributed by atoms with Crippen molar-refractivity contribution in [3.05, 3.63) is 35.4 Å². The van der Waals surface area contributed by atoms with Gasteiger partial charge in [-0.25, -0.2) is 8.78 Å². The molecule has 2 unspecified atom stereocenters.